The van der Waals surface area contributed by atoms with Crippen LogP contribution in [0.4, 0.5) is 22.7 Å². The summed E-state index contributed by atoms with van der Waals surface area (Å²) < 4.78 is 0. The number of Topliss-reactive ketones (excluding diaryl/α,β-unsaturated/α-hetero) is 2. The van der Waals surface area contributed by atoms with Crippen molar-refractivity contribution in [2.45, 2.75) is 142 Å². The molecule has 16 aromatic carbocycles. The van der Waals surface area contributed by atoms with Crippen molar-refractivity contribution in [1.29, 1.82) is 0 Å². The van der Waals surface area contributed by atoms with E-state index in [1.807, 2.05) is 241 Å². The molecule has 9 N–H and O–H groups in total. The van der Waals surface area contributed by atoms with Crippen LogP contribution in [0.15, 0.2) is 346 Å². The van der Waals surface area contributed by atoms with Crippen LogP contribution in [0.25, 0.3) is 23.3 Å². The number of aromatic carboxylic acids is 3. The number of para-hydroxylation sites is 3. The average molecular weight is 2100 g/mol. The number of ketones is 2. The molecule has 0 unspecified atom stereocenters. The van der Waals surface area contributed by atoms with E-state index in [0.29, 0.717) is 107 Å². The SMILES string of the molecule is C.CC(=O)Cc1ccccc1Nc1c(Cl)cccc1Cl.CC(=O)c1ccccc1Nc1c(Cl)ccc(C)c1Cl.CC/C(=C(/CC)c1ccc(O)cc1)c1ccc(C)cc1.Cc1cc(Cl)cc(Cc2ccccc2C(=O)O)c1.Cc1cc(Cl)cc(Cc2ccccc2CC(=O)O)c1.Cc1cc(O)cc(/C=C/c2ccc(O)cc2)c1.Cc1cccc(Cc2ccccc2C(=O)O)c1.Cc1cccc(Cc2ccccc2C(=O)O)c1C. The van der Waals surface area contributed by atoms with E-state index in [1.54, 1.807) is 110 Å². The molecule has 0 atom stereocenters. The molecule has 15 nitrogen and oxygen atoms in total. The molecule has 16 aromatic rings. The van der Waals surface area contributed by atoms with E-state index in [0.717, 1.165) is 102 Å². The van der Waals surface area contributed by atoms with Crippen molar-refractivity contribution in [2.75, 3.05) is 10.6 Å². The number of aliphatic carboxylic acids is 1. The zero-order valence-electron chi connectivity index (χ0n) is 84.1. The van der Waals surface area contributed by atoms with Gasteiger partial charge < -0.3 is 46.4 Å². The highest BCUT2D eigenvalue weighted by molar-refractivity contribution is 6.40. The number of carboxylic acid groups (broad SMARTS) is 4. The minimum absolute atomic E-state index is 0. The van der Waals surface area contributed by atoms with Crippen LogP contribution in [0, 0.1) is 55.4 Å². The zero-order chi connectivity index (χ0) is 107. The molecule has 0 saturated heterocycles. The van der Waals surface area contributed by atoms with Gasteiger partial charge in [-0.05, 0) is 345 Å². The number of aryl methyl sites for hydroxylation is 7. The largest absolute Gasteiger partial charge is 0.508 e. The van der Waals surface area contributed by atoms with Gasteiger partial charge in [0, 0.05) is 33.4 Å². The van der Waals surface area contributed by atoms with Crippen molar-refractivity contribution in [3.05, 3.63) is 521 Å². The number of aromatic hydroxyl groups is 3. The summed E-state index contributed by atoms with van der Waals surface area (Å²) >= 11 is 36.7. The fourth-order valence-electron chi connectivity index (χ4n) is 16.1. The first kappa shape index (κ1) is 118. The Kier molecular flexibility index (Phi) is 47.6. The third-order valence-corrected chi connectivity index (χ3v) is 25.3. The fourth-order valence-corrected chi connectivity index (χ4v) is 17.7. The van der Waals surface area contributed by atoms with Gasteiger partial charge in [-0.3, -0.25) is 14.4 Å². The van der Waals surface area contributed by atoms with Crippen molar-refractivity contribution in [3.63, 3.8) is 0 Å². The van der Waals surface area contributed by atoms with Crippen LogP contribution in [0.5, 0.6) is 17.2 Å². The predicted molar refractivity (Wildman–Crippen MR) is 613 cm³/mol. The van der Waals surface area contributed by atoms with E-state index >= 15 is 0 Å². The summed E-state index contributed by atoms with van der Waals surface area (Å²) in [5, 5.41) is 74.3. The minimum Gasteiger partial charge on any atom is -0.508 e. The number of anilines is 4. The smallest absolute Gasteiger partial charge is 0.335 e. The van der Waals surface area contributed by atoms with Crippen molar-refractivity contribution in [1.82, 2.24) is 0 Å². The summed E-state index contributed by atoms with van der Waals surface area (Å²) in [4.78, 5) is 67.1. The third-order valence-electron chi connectivity index (χ3n) is 23.4. The summed E-state index contributed by atoms with van der Waals surface area (Å²) in [7, 11) is 0. The Balaban J connectivity index is 0.000000206. The Morgan fingerprint density at radius 3 is 1.20 bits per heavy atom. The highest BCUT2D eigenvalue weighted by atomic mass is 35.5. The van der Waals surface area contributed by atoms with Crippen LogP contribution in [0.3, 0.4) is 0 Å². The third kappa shape index (κ3) is 38.1. The van der Waals surface area contributed by atoms with E-state index in [1.165, 1.54) is 57.0 Å². The lowest BCUT2D eigenvalue weighted by Crippen LogP contribution is -2.04. The van der Waals surface area contributed by atoms with Gasteiger partial charge in [-0.25, -0.2) is 14.4 Å². The maximum absolute atomic E-state index is 11.6. The number of nitrogens with one attached hydrogen (secondary N) is 2. The molecule has 0 fully saturated rings. The number of hydrogen-bond donors (Lipinski definition) is 9. The fraction of sp³-hybridized carbons (Fsp3) is 0.165. The van der Waals surface area contributed by atoms with Crippen LogP contribution < -0.4 is 10.6 Å². The van der Waals surface area contributed by atoms with Crippen molar-refractivity contribution in [3.8, 4) is 17.2 Å². The number of carbonyl (C=O) groups is 6. The second-order valence-electron chi connectivity index (χ2n) is 35.2. The van der Waals surface area contributed by atoms with E-state index in [4.69, 9.17) is 95.1 Å². The van der Waals surface area contributed by atoms with Gasteiger partial charge in [0.05, 0.1) is 54.6 Å². The van der Waals surface area contributed by atoms with Gasteiger partial charge in [0.25, 0.3) is 0 Å². The van der Waals surface area contributed by atoms with Crippen LogP contribution in [0.2, 0.25) is 30.1 Å². The Bertz CT molecular complexity index is 7160. The molecule has 0 aliphatic rings. The molecule has 0 radical (unpaired) electrons. The number of allylic oxidation sites excluding steroid dienone is 2. The zero-order valence-corrected chi connectivity index (χ0v) is 88.6. The van der Waals surface area contributed by atoms with Gasteiger partial charge in [-0.2, -0.15) is 0 Å². The summed E-state index contributed by atoms with van der Waals surface area (Å²) in [5.41, 5.74) is 30.6. The lowest BCUT2D eigenvalue weighted by atomic mass is 9.91. The molecule has 0 amide bonds. The molecule has 0 saturated carbocycles. The highest BCUT2D eigenvalue weighted by Gasteiger charge is 2.19. The maximum Gasteiger partial charge on any atom is 0.335 e. The van der Waals surface area contributed by atoms with Gasteiger partial charge in [-0.15, -0.1) is 0 Å². The van der Waals surface area contributed by atoms with Gasteiger partial charge in [0.2, 0.25) is 0 Å². The average Bonchev–Trinajstić information content (AvgIpc) is 0.823. The standard InChI is InChI=1S/C19H22O.C16H15ClO2.C16H16O2.2C15H13Cl2NO.C15H13ClO2.2C15H14O2.CH4/c1-4-18(15-8-6-14(3)7-9-15)19(5-2)16-10-12-17(20)13-11-16;1-11-6-12(9-15(17)7-11)8-13-4-2-3-5-14(13)10-16(18)19;1-11-6-5-8-13(12(11)2)10-14-7-3-4-9-15(14)16(17)18;1-9-7-8-12(16)15(14(9)17)18-13-6-4-3-5-11(13)10(2)19;1-10(19)9-11-5-2-3-8-14(11)18-15-12(16)6-4-7-13(15)17;1-10-6-11(9-13(16)7-10)8-12-4-2-3-5-14(12)15(17)18;1-11-8-13(10-15(17)9-11)3-2-12-4-6-14(16)7-5-12;1-11-5-4-6-12(9-11)10-13-7-2-3-8-14(13)15(16)17;/h6-13,20H,4-5H2,1-3H3;2-7,9H,8,10H2,1H3,(H,18,19);3-9H,10H2,1-2H3,(H,17,18);3-8,18H,1-2H3;2-8,18H,9H2,1H3;2-7,9H,8H2,1H3,(H,17,18);2-10,16-17H,1H3;2-9H,10H2,1H3,(H,16,17);1H4/b19-18+;;;;;;3-2+;;. The van der Waals surface area contributed by atoms with Crippen molar-refractivity contribution < 1.29 is 64.5 Å². The molecule has 0 heterocycles. The number of phenolic OH excluding ortho intramolecular Hbond substituents is 3. The molecule has 0 aliphatic heterocycles. The Morgan fingerprint density at radius 2 is 0.709 bits per heavy atom. The second-order valence-corrected chi connectivity index (χ2v) is 37.7. The molecule has 0 aromatic heterocycles. The van der Waals surface area contributed by atoms with E-state index < -0.39 is 23.9 Å². The number of hydrogen-bond acceptors (Lipinski definition) is 11. The van der Waals surface area contributed by atoms with Crippen molar-refractivity contribution >= 4 is 151 Å². The molecular weight excluding hydrogens is 1970 g/mol. The lowest BCUT2D eigenvalue weighted by Gasteiger charge is -2.14. The van der Waals surface area contributed by atoms with Crippen LogP contribution >= 0.6 is 69.6 Å². The molecule has 148 heavy (non-hydrogen) atoms. The first-order valence-corrected chi connectivity index (χ1v) is 49.8. The Labute approximate surface area is 899 Å². The quantitative estimate of drug-likeness (QED) is 0.0180. The Morgan fingerprint density at radius 1 is 0.304 bits per heavy atom. The summed E-state index contributed by atoms with van der Waals surface area (Å²) in [6.07, 6.45) is 8.89. The number of carbonyl (C=O) groups excluding carboxylic acids is 2. The Hall–Kier alpha value is -15.0. The monoisotopic (exact) mass is 2090 g/mol. The van der Waals surface area contributed by atoms with E-state index in [9.17, 15) is 39.0 Å². The molecule has 0 bridgehead atoms. The van der Waals surface area contributed by atoms with Crippen LogP contribution in [-0.2, 0) is 48.1 Å². The first-order chi connectivity index (χ1) is 70.2. The molecule has 762 valence electrons. The minimum atomic E-state index is -0.899. The summed E-state index contributed by atoms with van der Waals surface area (Å²) in [5.74, 6) is -2.49. The van der Waals surface area contributed by atoms with Gasteiger partial charge in [0.15, 0.2) is 5.78 Å². The first-order valence-electron chi connectivity index (χ1n) is 47.5. The molecule has 16 rings (SSSR count). The summed E-state index contributed by atoms with van der Waals surface area (Å²) in [6.45, 7) is 23.6. The van der Waals surface area contributed by atoms with Crippen LogP contribution in [0.1, 0.15) is 212 Å². The predicted octanol–water partition coefficient (Wildman–Crippen LogP) is 34.4. The topological polar surface area (TPSA) is 268 Å². The van der Waals surface area contributed by atoms with Gasteiger partial charge in [0.1, 0.15) is 23.0 Å². The number of benzene rings is 16. The number of halogens is 6. The number of carboxylic acids is 4. The van der Waals surface area contributed by atoms with E-state index in [2.05, 4.69) is 93.8 Å². The molecular formula is C127H124Cl6N2O13. The molecule has 0 aliphatic carbocycles. The molecule has 21 heteroatoms. The van der Waals surface area contributed by atoms with E-state index in [-0.39, 0.29) is 36.9 Å². The highest BCUT2D eigenvalue weighted by Crippen LogP contribution is 2.39. The van der Waals surface area contributed by atoms with Gasteiger partial charge >= 0.3 is 23.9 Å². The summed E-state index contributed by atoms with van der Waals surface area (Å²) in [6, 6.07) is 107. The lowest BCUT2D eigenvalue weighted by molar-refractivity contribution is -0.136. The second kappa shape index (κ2) is 59.5. The number of rotatable bonds is 26. The van der Waals surface area contributed by atoms with Crippen molar-refractivity contribution in [2.24, 2.45) is 0 Å². The number of phenols is 3. The van der Waals surface area contributed by atoms with Gasteiger partial charge in [-0.1, -0.05) is 345 Å². The van der Waals surface area contributed by atoms with Crippen LogP contribution in [-0.4, -0.2) is 71.2 Å². The molecule has 0 spiro atoms. The normalized spacial score (nSPS) is 10.6. The maximum atomic E-state index is 11.6.